The van der Waals surface area contributed by atoms with Crippen molar-refractivity contribution in [2.75, 3.05) is 0 Å². The van der Waals surface area contributed by atoms with Gasteiger partial charge in [0.05, 0.1) is 12.0 Å². The normalized spacial score (nSPS) is 26.5. The van der Waals surface area contributed by atoms with Crippen molar-refractivity contribution in [1.82, 2.24) is 15.8 Å². The standard InChI is InChI=1S/C18H16ClN3O2/c19-13-8-6-12(7-9-13)15-14-16(18(24)20-17(14)23)22(21-15)10-11-4-2-1-3-5-11/h1-9,14-16,21H,10H2,(H,20,23,24)/t14-,15-,16-/m0/s1. The van der Waals surface area contributed by atoms with E-state index < -0.39 is 12.0 Å². The van der Waals surface area contributed by atoms with Gasteiger partial charge in [0.25, 0.3) is 0 Å². The third kappa shape index (κ3) is 2.60. The average Bonchev–Trinajstić information content (AvgIpc) is 3.09. The first-order chi connectivity index (χ1) is 11.6. The van der Waals surface area contributed by atoms with E-state index >= 15 is 0 Å². The van der Waals surface area contributed by atoms with E-state index in [4.69, 9.17) is 11.6 Å². The zero-order valence-corrected chi connectivity index (χ0v) is 13.5. The highest BCUT2D eigenvalue weighted by Crippen LogP contribution is 2.37. The quantitative estimate of drug-likeness (QED) is 0.839. The minimum absolute atomic E-state index is 0.229. The van der Waals surface area contributed by atoms with Crippen LogP contribution in [-0.2, 0) is 16.1 Å². The Morgan fingerprint density at radius 2 is 1.67 bits per heavy atom. The lowest BCUT2D eigenvalue weighted by atomic mass is 9.91. The Hall–Kier alpha value is -2.21. The van der Waals surface area contributed by atoms with Crippen LogP contribution in [0.15, 0.2) is 54.6 Å². The van der Waals surface area contributed by atoms with Crippen LogP contribution < -0.4 is 10.7 Å². The molecule has 2 heterocycles. The number of carbonyl (C=O) groups excluding carboxylic acids is 2. The van der Waals surface area contributed by atoms with Crippen molar-refractivity contribution in [3.8, 4) is 0 Å². The molecule has 5 nitrogen and oxygen atoms in total. The first-order valence-electron chi connectivity index (χ1n) is 7.80. The van der Waals surface area contributed by atoms with Gasteiger partial charge in [-0.05, 0) is 23.3 Å². The summed E-state index contributed by atoms with van der Waals surface area (Å²) in [6, 6.07) is 16.5. The second-order valence-corrected chi connectivity index (χ2v) is 6.53. The van der Waals surface area contributed by atoms with Gasteiger partial charge < -0.3 is 0 Å². The fourth-order valence-electron chi connectivity index (χ4n) is 3.47. The Bertz CT molecular complexity index is 779. The largest absolute Gasteiger partial charge is 0.295 e. The Kier molecular flexibility index (Phi) is 3.84. The molecule has 6 heteroatoms. The first-order valence-corrected chi connectivity index (χ1v) is 8.18. The number of hydrogen-bond donors (Lipinski definition) is 2. The number of nitrogens with one attached hydrogen (secondary N) is 2. The smallest absolute Gasteiger partial charge is 0.246 e. The van der Waals surface area contributed by atoms with Crippen LogP contribution in [-0.4, -0.2) is 22.9 Å². The average molecular weight is 342 g/mol. The molecule has 2 aromatic rings. The first kappa shape index (κ1) is 15.3. The number of amides is 2. The zero-order chi connectivity index (χ0) is 16.7. The zero-order valence-electron chi connectivity index (χ0n) is 12.8. The summed E-state index contributed by atoms with van der Waals surface area (Å²) in [4.78, 5) is 24.6. The predicted octanol–water partition coefficient (Wildman–Crippen LogP) is 2.04. The molecule has 24 heavy (non-hydrogen) atoms. The fraction of sp³-hybridized carbons (Fsp3) is 0.222. The molecule has 2 aliphatic rings. The highest BCUT2D eigenvalue weighted by Gasteiger charge is 2.54. The van der Waals surface area contributed by atoms with Crippen LogP contribution in [0, 0.1) is 5.92 Å². The van der Waals surface area contributed by atoms with Gasteiger partial charge >= 0.3 is 0 Å². The van der Waals surface area contributed by atoms with Crippen LogP contribution in [0.5, 0.6) is 0 Å². The summed E-state index contributed by atoms with van der Waals surface area (Å²) in [6.07, 6.45) is 0. The summed E-state index contributed by atoms with van der Waals surface area (Å²) in [5.74, 6) is -0.916. The molecule has 0 aliphatic carbocycles. The number of benzene rings is 2. The maximum Gasteiger partial charge on any atom is 0.246 e. The van der Waals surface area contributed by atoms with E-state index in [1.165, 1.54) is 0 Å². The number of hydrogen-bond acceptors (Lipinski definition) is 4. The number of fused-ring (bicyclic) bond motifs is 1. The van der Waals surface area contributed by atoms with E-state index in [1.54, 1.807) is 12.1 Å². The maximum absolute atomic E-state index is 12.3. The maximum atomic E-state index is 12.3. The third-order valence-electron chi connectivity index (χ3n) is 4.58. The Balaban J connectivity index is 1.66. The monoisotopic (exact) mass is 341 g/mol. The molecule has 2 amide bonds. The molecule has 122 valence electrons. The molecular weight excluding hydrogens is 326 g/mol. The van der Waals surface area contributed by atoms with Gasteiger partial charge in [0, 0.05) is 11.6 Å². The summed E-state index contributed by atoms with van der Waals surface area (Å²) >= 11 is 5.95. The minimum atomic E-state index is -0.501. The number of halogens is 1. The second kappa shape index (κ2) is 6.02. The van der Waals surface area contributed by atoms with Crippen molar-refractivity contribution in [2.45, 2.75) is 18.6 Å². The van der Waals surface area contributed by atoms with Crippen molar-refractivity contribution < 1.29 is 9.59 Å². The van der Waals surface area contributed by atoms with E-state index in [1.807, 2.05) is 47.5 Å². The summed E-state index contributed by atoms with van der Waals surface area (Å²) in [7, 11) is 0. The van der Waals surface area contributed by atoms with Gasteiger partial charge in [0.15, 0.2) is 0 Å². The molecule has 2 saturated heterocycles. The molecule has 4 rings (SSSR count). The Morgan fingerprint density at radius 1 is 0.958 bits per heavy atom. The molecule has 0 aromatic heterocycles. The van der Waals surface area contributed by atoms with Crippen LogP contribution in [0.25, 0.3) is 0 Å². The van der Waals surface area contributed by atoms with Gasteiger partial charge in [0.1, 0.15) is 6.04 Å². The number of nitrogens with zero attached hydrogens (tertiary/aromatic N) is 1. The van der Waals surface area contributed by atoms with E-state index in [9.17, 15) is 9.59 Å². The van der Waals surface area contributed by atoms with E-state index in [0.717, 1.165) is 11.1 Å². The lowest BCUT2D eigenvalue weighted by Crippen LogP contribution is -2.43. The van der Waals surface area contributed by atoms with Gasteiger partial charge in [-0.25, -0.2) is 10.4 Å². The molecule has 3 atom stereocenters. The van der Waals surface area contributed by atoms with E-state index in [0.29, 0.717) is 11.6 Å². The second-order valence-electron chi connectivity index (χ2n) is 6.10. The van der Waals surface area contributed by atoms with Crippen LogP contribution >= 0.6 is 11.6 Å². The molecule has 2 aromatic carbocycles. The van der Waals surface area contributed by atoms with Gasteiger partial charge in [0.2, 0.25) is 11.8 Å². The van der Waals surface area contributed by atoms with Crippen LogP contribution in [0.3, 0.4) is 0 Å². The summed E-state index contributed by atoms with van der Waals surface area (Å²) in [6.45, 7) is 0.548. The van der Waals surface area contributed by atoms with Crippen LogP contribution in [0.2, 0.25) is 5.02 Å². The highest BCUT2D eigenvalue weighted by atomic mass is 35.5. The van der Waals surface area contributed by atoms with Crippen LogP contribution in [0.1, 0.15) is 17.2 Å². The Morgan fingerprint density at radius 3 is 2.38 bits per heavy atom. The number of rotatable bonds is 3. The van der Waals surface area contributed by atoms with Gasteiger partial charge in [-0.2, -0.15) is 0 Å². The molecule has 0 saturated carbocycles. The van der Waals surface area contributed by atoms with Gasteiger partial charge in [-0.1, -0.05) is 54.1 Å². The van der Waals surface area contributed by atoms with Crippen molar-refractivity contribution in [3.63, 3.8) is 0 Å². The number of hydrazine groups is 1. The molecule has 2 fully saturated rings. The minimum Gasteiger partial charge on any atom is -0.295 e. The predicted molar refractivity (Wildman–Crippen MR) is 89.7 cm³/mol. The van der Waals surface area contributed by atoms with E-state index in [-0.39, 0.29) is 17.9 Å². The Labute approximate surface area is 144 Å². The van der Waals surface area contributed by atoms with Crippen molar-refractivity contribution in [1.29, 1.82) is 0 Å². The highest BCUT2D eigenvalue weighted by molar-refractivity contribution is 6.30. The van der Waals surface area contributed by atoms with E-state index in [2.05, 4.69) is 10.7 Å². The lowest BCUT2D eigenvalue weighted by molar-refractivity contribution is -0.127. The number of imide groups is 1. The van der Waals surface area contributed by atoms with Gasteiger partial charge in [-0.3, -0.25) is 14.9 Å². The number of carbonyl (C=O) groups is 2. The van der Waals surface area contributed by atoms with Crippen molar-refractivity contribution in [3.05, 3.63) is 70.7 Å². The van der Waals surface area contributed by atoms with Gasteiger partial charge in [-0.15, -0.1) is 0 Å². The summed E-state index contributed by atoms with van der Waals surface area (Å²) in [5.41, 5.74) is 5.36. The topological polar surface area (TPSA) is 61.4 Å². The van der Waals surface area contributed by atoms with Crippen molar-refractivity contribution in [2.24, 2.45) is 5.92 Å². The molecule has 2 N–H and O–H groups in total. The lowest BCUT2D eigenvalue weighted by Gasteiger charge is -2.22. The summed E-state index contributed by atoms with van der Waals surface area (Å²) in [5, 5.41) is 4.96. The molecule has 0 bridgehead atoms. The van der Waals surface area contributed by atoms with Crippen LogP contribution in [0.4, 0.5) is 0 Å². The molecule has 0 unspecified atom stereocenters. The molecule has 0 spiro atoms. The fourth-order valence-corrected chi connectivity index (χ4v) is 3.60. The SMILES string of the molecule is O=C1NC(=O)[C@@H]2[C@@H]1[C@H](c1ccc(Cl)cc1)NN2Cc1ccccc1. The molecule has 2 aliphatic heterocycles. The third-order valence-corrected chi connectivity index (χ3v) is 4.83. The molecular formula is C18H16ClN3O2. The molecule has 0 radical (unpaired) electrons. The van der Waals surface area contributed by atoms with Crippen molar-refractivity contribution >= 4 is 23.4 Å². The summed E-state index contributed by atoms with van der Waals surface area (Å²) < 4.78 is 0.